The maximum absolute atomic E-state index is 13.1. The van der Waals surface area contributed by atoms with Crippen LogP contribution in [0.25, 0.3) is 0 Å². The van der Waals surface area contributed by atoms with Crippen LogP contribution in [0, 0.1) is 15.2 Å². The number of benzene rings is 2. The van der Waals surface area contributed by atoms with Gasteiger partial charge < -0.3 is 0 Å². The molecule has 2 aromatic rings. The Labute approximate surface area is 138 Å². The Bertz CT molecular complexity index is 622. The minimum atomic E-state index is -0.297. The van der Waals surface area contributed by atoms with Gasteiger partial charge in [0.05, 0.1) is 6.04 Å². The fraction of sp³-hybridized carbons (Fsp3) is 0.143. The molecule has 0 aliphatic rings. The molecule has 0 aliphatic heterocycles. The summed E-state index contributed by atoms with van der Waals surface area (Å²) in [5, 5.41) is 0. The van der Waals surface area contributed by atoms with Gasteiger partial charge in [0.25, 0.3) is 0 Å². The summed E-state index contributed by atoms with van der Waals surface area (Å²) in [5.74, 6) is 5.03. The molecule has 1 atom stereocenters. The Morgan fingerprint density at radius 2 is 1.80 bits per heavy atom. The fourth-order valence-corrected chi connectivity index (χ4v) is 3.32. The van der Waals surface area contributed by atoms with Crippen molar-refractivity contribution in [3.05, 3.63) is 67.2 Å². The first-order valence-corrected chi connectivity index (χ1v) is 7.73. The van der Waals surface area contributed by atoms with Crippen LogP contribution in [0.4, 0.5) is 8.78 Å². The van der Waals surface area contributed by atoms with Crippen LogP contribution in [0.3, 0.4) is 0 Å². The third-order valence-corrected chi connectivity index (χ3v) is 4.65. The van der Waals surface area contributed by atoms with Gasteiger partial charge in [-0.25, -0.2) is 8.78 Å². The zero-order valence-electron chi connectivity index (χ0n) is 10.3. The van der Waals surface area contributed by atoms with E-state index in [4.69, 9.17) is 5.84 Å². The molecule has 0 aliphatic carbocycles. The molecule has 2 rings (SSSR count). The third-order valence-electron chi connectivity index (χ3n) is 2.98. The van der Waals surface area contributed by atoms with E-state index in [-0.39, 0.29) is 17.7 Å². The fourth-order valence-electron chi connectivity index (χ4n) is 1.95. The molecular formula is C14H12BrF2IN2. The molecule has 6 heteroatoms. The van der Waals surface area contributed by atoms with Gasteiger partial charge in [-0.3, -0.25) is 11.3 Å². The monoisotopic (exact) mass is 452 g/mol. The van der Waals surface area contributed by atoms with Crippen LogP contribution >= 0.6 is 38.5 Å². The molecule has 0 radical (unpaired) electrons. The van der Waals surface area contributed by atoms with Crippen molar-refractivity contribution in [3.63, 3.8) is 0 Å². The highest BCUT2D eigenvalue weighted by molar-refractivity contribution is 14.1. The number of hydrogen-bond acceptors (Lipinski definition) is 2. The van der Waals surface area contributed by atoms with Crippen LogP contribution in [0.2, 0.25) is 0 Å². The van der Waals surface area contributed by atoms with Gasteiger partial charge >= 0.3 is 0 Å². The first kappa shape index (κ1) is 15.8. The van der Waals surface area contributed by atoms with Crippen LogP contribution < -0.4 is 11.3 Å². The van der Waals surface area contributed by atoms with Crippen molar-refractivity contribution in [3.8, 4) is 0 Å². The third kappa shape index (κ3) is 3.75. The van der Waals surface area contributed by atoms with E-state index in [1.165, 1.54) is 24.3 Å². The Kier molecular flexibility index (Phi) is 5.48. The van der Waals surface area contributed by atoms with Gasteiger partial charge in [0.2, 0.25) is 0 Å². The van der Waals surface area contributed by atoms with E-state index >= 15 is 0 Å². The van der Waals surface area contributed by atoms with Crippen molar-refractivity contribution in [1.29, 1.82) is 0 Å². The number of halogens is 4. The zero-order valence-corrected chi connectivity index (χ0v) is 14.1. The van der Waals surface area contributed by atoms with Crippen molar-refractivity contribution in [1.82, 2.24) is 5.43 Å². The quantitative estimate of drug-likeness (QED) is 0.416. The second kappa shape index (κ2) is 6.93. The number of hydrazine groups is 1. The van der Waals surface area contributed by atoms with Gasteiger partial charge in [0.15, 0.2) is 0 Å². The molecule has 0 saturated heterocycles. The van der Waals surface area contributed by atoms with E-state index in [0.29, 0.717) is 10.9 Å². The van der Waals surface area contributed by atoms with Crippen molar-refractivity contribution < 1.29 is 8.78 Å². The van der Waals surface area contributed by atoms with Crippen LogP contribution in [0.15, 0.2) is 40.9 Å². The lowest BCUT2D eigenvalue weighted by Crippen LogP contribution is -2.30. The predicted octanol–water partition coefficient (Wildman–Crippen LogP) is 4.08. The largest absolute Gasteiger partial charge is 0.271 e. The normalized spacial score (nSPS) is 12.4. The minimum absolute atomic E-state index is 0.177. The summed E-state index contributed by atoms with van der Waals surface area (Å²) in [5.41, 5.74) is 4.56. The molecule has 0 bridgehead atoms. The van der Waals surface area contributed by atoms with E-state index in [1.807, 2.05) is 0 Å². The van der Waals surface area contributed by atoms with Crippen molar-refractivity contribution in [2.45, 2.75) is 12.5 Å². The predicted molar refractivity (Wildman–Crippen MR) is 87.0 cm³/mol. The van der Waals surface area contributed by atoms with Crippen LogP contribution in [0.5, 0.6) is 0 Å². The van der Waals surface area contributed by atoms with Crippen LogP contribution in [-0.4, -0.2) is 0 Å². The van der Waals surface area contributed by atoms with Gasteiger partial charge in [-0.05, 0) is 64.4 Å². The lowest BCUT2D eigenvalue weighted by atomic mass is 9.99. The van der Waals surface area contributed by atoms with E-state index in [1.54, 1.807) is 12.1 Å². The summed E-state index contributed by atoms with van der Waals surface area (Å²) in [6, 6.07) is 8.92. The average Bonchev–Trinajstić information content (AvgIpc) is 2.39. The number of rotatable bonds is 4. The molecular weight excluding hydrogens is 441 g/mol. The first-order chi connectivity index (χ1) is 9.51. The van der Waals surface area contributed by atoms with Gasteiger partial charge in [0.1, 0.15) is 11.6 Å². The molecule has 2 aromatic carbocycles. The lowest BCUT2D eigenvalue weighted by molar-refractivity contribution is 0.544. The average molecular weight is 453 g/mol. The molecule has 1 unspecified atom stereocenters. The van der Waals surface area contributed by atoms with E-state index in [9.17, 15) is 8.78 Å². The van der Waals surface area contributed by atoms with Crippen molar-refractivity contribution in [2.24, 2.45) is 5.84 Å². The van der Waals surface area contributed by atoms with Crippen molar-refractivity contribution in [2.75, 3.05) is 0 Å². The summed E-state index contributed by atoms with van der Waals surface area (Å²) in [6.45, 7) is 0. The van der Waals surface area contributed by atoms with Crippen LogP contribution in [-0.2, 0) is 6.42 Å². The maximum atomic E-state index is 13.1. The highest BCUT2D eigenvalue weighted by Gasteiger charge is 2.16. The standard InChI is InChI=1S/C14H12BrF2IN2/c15-12-6-9(16)2-1-8(12)5-14(20-19)11-4-3-10(17)7-13(11)18/h1-4,6-7,14,20H,5,19H2. The summed E-state index contributed by atoms with van der Waals surface area (Å²) >= 11 is 5.41. The molecule has 0 aromatic heterocycles. The molecule has 3 N–H and O–H groups in total. The van der Waals surface area contributed by atoms with Crippen LogP contribution in [0.1, 0.15) is 17.2 Å². The summed E-state index contributed by atoms with van der Waals surface area (Å²) < 4.78 is 27.7. The number of nitrogens with two attached hydrogens (primary N) is 1. The minimum Gasteiger partial charge on any atom is -0.271 e. The Balaban J connectivity index is 2.28. The highest BCUT2D eigenvalue weighted by Crippen LogP contribution is 2.27. The second-order valence-electron chi connectivity index (χ2n) is 4.32. The molecule has 106 valence electrons. The smallest absolute Gasteiger partial charge is 0.124 e. The summed E-state index contributed by atoms with van der Waals surface area (Å²) in [7, 11) is 0. The maximum Gasteiger partial charge on any atom is 0.124 e. The second-order valence-corrected chi connectivity index (χ2v) is 6.34. The molecule has 0 heterocycles. The molecule has 0 saturated carbocycles. The molecule has 0 amide bonds. The van der Waals surface area contributed by atoms with E-state index in [2.05, 4.69) is 43.9 Å². The Hall–Kier alpha value is -0.570. The number of hydrogen-bond donors (Lipinski definition) is 2. The Morgan fingerprint density at radius 3 is 2.40 bits per heavy atom. The zero-order chi connectivity index (χ0) is 14.7. The first-order valence-electron chi connectivity index (χ1n) is 5.86. The lowest BCUT2D eigenvalue weighted by Gasteiger charge is -2.19. The molecule has 20 heavy (non-hydrogen) atoms. The SMILES string of the molecule is NNC(Cc1ccc(F)cc1Br)c1ccc(F)cc1I. The highest BCUT2D eigenvalue weighted by atomic mass is 127. The molecule has 0 spiro atoms. The number of nitrogens with one attached hydrogen (secondary N) is 1. The molecule has 2 nitrogen and oxygen atoms in total. The summed E-state index contributed by atoms with van der Waals surface area (Å²) in [6.07, 6.45) is 0.568. The van der Waals surface area contributed by atoms with Gasteiger partial charge in [-0.2, -0.15) is 0 Å². The van der Waals surface area contributed by atoms with Gasteiger partial charge in [-0.15, -0.1) is 0 Å². The van der Waals surface area contributed by atoms with Gasteiger partial charge in [0, 0.05) is 8.04 Å². The molecule has 0 fully saturated rings. The topological polar surface area (TPSA) is 38.0 Å². The summed E-state index contributed by atoms with van der Waals surface area (Å²) in [4.78, 5) is 0. The van der Waals surface area contributed by atoms with E-state index < -0.39 is 0 Å². The van der Waals surface area contributed by atoms with Gasteiger partial charge in [-0.1, -0.05) is 28.1 Å². The Morgan fingerprint density at radius 1 is 1.15 bits per heavy atom. The van der Waals surface area contributed by atoms with E-state index in [0.717, 1.165) is 14.7 Å². The van der Waals surface area contributed by atoms with Crippen molar-refractivity contribution >= 4 is 38.5 Å².